The SMILES string of the molecule is CC(C)N1CCCC(C(=O)Nc2ccc(F)cc2F)C1. The lowest BCUT2D eigenvalue weighted by Crippen LogP contribution is -2.43. The first-order chi connectivity index (χ1) is 9.47. The molecule has 0 aromatic heterocycles. The lowest BCUT2D eigenvalue weighted by atomic mass is 9.96. The smallest absolute Gasteiger partial charge is 0.228 e. The molecule has 1 aromatic carbocycles. The summed E-state index contributed by atoms with van der Waals surface area (Å²) in [6, 6.07) is 3.57. The zero-order chi connectivity index (χ0) is 14.7. The molecule has 1 saturated heterocycles. The summed E-state index contributed by atoms with van der Waals surface area (Å²) < 4.78 is 26.3. The van der Waals surface area contributed by atoms with Crippen LogP contribution in [0.2, 0.25) is 0 Å². The van der Waals surface area contributed by atoms with Crippen LogP contribution in [-0.2, 0) is 4.79 Å². The van der Waals surface area contributed by atoms with Crippen LogP contribution in [-0.4, -0.2) is 29.9 Å². The summed E-state index contributed by atoms with van der Waals surface area (Å²) in [6.07, 6.45) is 1.76. The van der Waals surface area contributed by atoms with Gasteiger partial charge in [-0.25, -0.2) is 8.78 Å². The average Bonchev–Trinajstić information content (AvgIpc) is 2.42. The third-order valence-electron chi connectivity index (χ3n) is 3.74. The first-order valence-corrected chi connectivity index (χ1v) is 6.97. The summed E-state index contributed by atoms with van der Waals surface area (Å²) in [5, 5.41) is 2.56. The quantitative estimate of drug-likeness (QED) is 0.924. The number of halogens is 2. The second kappa shape index (κ2) is 6.31. The van der Waals surface area contributed by atoms with Crippen LogP contribution in [0.15, 0.2) is 18.2 Å². The summed E-state index contributed by atoms with van der Waals surface area (Å²) in [7, 11) is 0. The lowest BCUT2D eigenvalue weighted by molar-refractivity contribution is -0.121. The molecule has 110 valence electrons. The summed E-state index contributed by atoms with van der Waals surface area (Å²) in [5.41, 5.74) is 0.0399. The standard InChI is InChI=1S/C15H20F2N2O/c1-10(2)19-7-3-4-11(9-19)15(20)18-14-6-5-12(16)8-13(14)17/h5-6,8,10-11H,3-4,7,9H2,1-2H3,(H,18,20). The molecule has 0 bridgehead atoms. The monoisotopic (exact) mass is 282 g/mol. The Balaban J connectivity index is 2.00. The van der Waals surface area contributed by atoms with Gasteiger partial charge in [0.1, 0.15) is 11.6 Å². The molecular weight excluding hydrogens is 262 g/mol. The Morgan fingerprint density at radius 2 is 2.15 bits per heavy atom. The van der Waals surface area contributed by atoms with Gasteiger partial charge in [0.2, 0.25) is 5.91 Å². The Morgan fingerprint density at radius 3 is 2.80 bits per heavy atom. The van der Waals surface area contributed by atoms with E-state index in [-0.39, 0.29) is 17.5 Å². The molecule has 3 nitrogen and oxygen atoms in total. The van der Waals surface area contributed by atoms with Crippen LogP contribution >= 0.6 is 0 Å². The van der Waals surface area contributed by atoms with E-state index >= 15 is 0 Å². The number of hydrogen-bond donors (Lipinski definition) is 1. The molecule has 0 aliphatic carbocycles. The van der Waals surface area contributed by atoms with Gasteiger partial charge >= 0.3 is 0 Å². The summed E-state index contributed by atoms with van der Waals surface area (Å²) in [6.45, 7) is 5.87. The van der Waals surface area contributed by atoms with Crippen LogP contribution in [0.5, 0.6) is 0 Å². The van der Waals surface area contributed by atoms with Gasteiger partial charge in [-0.2, -0.15) is 0 Å². The number of anilines is 1. The van der Waals surface area contributed by atoms with Gasteiger partial charge in [0, 0.05) is 18.7 Å². The van der Waals surface area contributed by atoms with E-state index in [1.54, 1.807) is 0 Å². The maximum atomic E-state index is 13.5. The van der Waals surface area contributed by atoms with E-state index < -0.39 is 11.6 Å². The summed E-state index contributed by atoms with van der Waals surface area (Å²) in [4.78, 5) is 14.4. The van der Waals surface area contributed by atoms with Crippen molar-refractivity contribution in [2.24, 2.45) is 5.92 Å². The van der Waals surface area contributed by atoms with Gasteiger partial charge < -0.3 is 10.2 Å². The molecule has 20 heavy (non-hydrogen) atoms. The van der Waals surface area contributed by atoms with Gasteiger partial charge in [0.25, 0.3) is 0 Å². The molecule has 1 fully saturated rings. The van der Waals surface area contributed by atoms with Crippen molar-refractivity contribution in [1.29, 1.82) is 0 Å². The van der Waals surface area contributed by atoms with E-state index in [1.807, 2.05) is 0 Å². The first-order valence-electron chi connectivity index (χ1n) is 6.97. The largest absolute Gasteiger partial charge is 0.323 e. The molecule has 1 unspecified atom stereocenters. The topological polar surface area (TPSA) is 32.3 Å². The van der Waals surface area contributed by atoms with Crippen LogP contribution in [0.3, 0.4) is 0 Å². The van der Waals surface area contributed by atoms with E-state index in [0.717, 1.165) is 31.5 Å². The van der Waals surface area contributed by atoms with Gasteiger partial charge in [0.05, 0.1) is 11.6 Å². The molecule has 2 rings (SSSR count). The first kappa shape index (κ1) is 14.9. The minimum absolute atomic E-state index is 0.0399. The van der Waals surface area contributed by atoms with E-state index in [2.05, 4.69) is 24.1 Å². The Kier molecular flexibility index (Phi) is 4.70. The van der Waals surface area contributed by atoms with Gasteiger partial charge in [-0.3, -0.25) is 4.79 Å². The van der Waals surface area contributed by atoms with Crippen molar-refractivity contribution in [2.75, 3.05) is 18.4 Å². The zero-order valence-corrected chi connectivity index (χ0v) is 11.8. The number of benzene rings is 1. The molecule has 5 heteroatoms. The molecule has 1 heterocycles. The fraction of sp³-hybridized carbons (Fsp3) is 0.533. The molecule has 1 aliphatic rings. The molecule has 1 aromatic rings. The predicted molar refractivity (Wildman–Crippen MR) is 74.4 cm³/mol. The fourth-order valence-electron chi connectivity index (χ4n) is 2.52. The van der Waals surface area contributed by atoms with Gasteiger partial charge in [0.15, 0.2) is 0 Å². The highest BCUT2D eigenvalue weighted by Gasteiger charge is 2.27. The van der Waals surface area contributed by atoms with Crippen LogP contribution in [0.1, 0.15) is 26.7 Å². The van der Waals surface area contributed by atoms with E-state index in [1.165, 1.54) is 6.07 Å². The van der Waals surface area contributed by atoms with Crippen LogP contribution < -0.4 is 5.32 Å². The minimum atomic E-state index is -0.741. The molecule has 1 N–H and O–H groups in total. The number of piperidine rings is 1. The van der Waals surface area contributed by atoms with Crippen molar-refractivity contribution in [1.82, 2.24) is 4.90 Å². The fourth-order valence-corrected chi connectivity index (χ4v) is 2.52. The highest BCUT2D eigenvalue weighted by atomic mass is 19.1. The molecule has 1 aliphatic heterocycles. The normalized spacial score (nSPS) is 20.1. The number of carbonyl (C=O) groups is 1. The van der Waals surface area contributed by atoms with Gasteiger partial charge in [-0.15, -0.1) is 0 Å². The predicted octanol–water partition coefficient (Wildman–Crippen LogP) is 3.02. The van der Waals surface area contributed by atoms with Gasteiger partial charge in [-0.05, 0) is 45.4 Å². The molecule has 0 spiro atoms. The van der Waals surface area contributed by atoms with Crippen molar-refractivity contribution in [3.63, 3.8) is 0 Å². The average molecular weight is 282 g/mol. The van der Waals surface area contributed by atoms with Gasteiger partial charge in [-0.1, -0.05) is 0 Å². The van der Waals surface area contributed by atoms with Crippen LogP contribution in [0.4, 0.5) is 14.5 Å². The molecular formula is C15H20F2N2O. The Hall–Kier alpha value is -1.49. The number of rotatable bonds is 3. The van der Waals surface area contributed by atoms with E-state index in [0.29, 0.717) is 12.6 Å². The lowest BCUT2D eigenvalue weighted by Gasteiger charge is -2.34. The summed E-state index contributed by atoms with van der Waals surface area (Å²) in [5.74, 6) is -1.73. The van der Waals surface area contributed by atoms with Crippen molar-refractivity contribution < 1.29 is 13.6 Å². The Labute approximate surface area is 118 Å². The third kappa shape index (κ3) is 3.54. The second-order valence-electron chi connectivity index (χ2n) is 5.54. The third-order valence-corrected chi connectivity index (χ3v) is 3.74. The Bertz CT molecular complexity index is 491. The minimum Gasteiger partial charge on any atom is -0.323 e. The maximum Gasteiger partial charge on any atom is 0.228 e. The zero-order valence-electron chi connectivity index (χ0n) is 11.8. The number of likely N-dealkylation sites (tertiary alicyclic amines) is 1. The van der Waals surface area contributed by atoms with Crippen LogP contribution in [0, 0.1) is 17.6 Å². The maximum absolute atomic E-state index is 13.5. The van der Waals surface area contributed by atoms with Crippen molar-refractivity contribution in [3.05, 3.63) is 29.8 Å². The number of nitrogens with zero attached hydrogens (tertiary/aromatic N) is 1. The highest BCUT2D eigenvalue weighted by molar-refractivity contribution is 5.92. The number of carbonyl (C=O) groups excluding carboxylic acids is 1. The molecule has 1 atom stereocenters. The Morgan fingerprint density at radius 1 is 1.40 bits per heavy atom. The second-order valence-corrected chi connectivity index (χ2v) is 5.54. The van der Waals surface area contributed by atoms with Crippen molar-refractivity contribution in [3.8, 4) is 0 Å². The van der Waals surface area contributed by atoms with Crippen molar-refractivity contribution in [2.45, 2.75) is 32.7 Å². The molecule has 0 saturated carbocycles. The van der Waals surface area contributed by atoms with E-state index in [9.17, 15) is 13.6 Å². The molecule has 1 amide bonds. The number of amides is 1. The summed E-state index contributed by atoms with van der Waals surface area (Å²) >= 11 is 0. The van der Waals surface area contributed by atoms with Crippen LogP contribution in [0.25, 0.3) is 0 Å². The highest BCUT2D eigenvalue weighted by Crippen LogP contribution is 2.21. The van der Waals surface area contributed by atoms with E-state index in [4.69, 9.17) is 0 Å². The molecule has 0 radical (unpaired) electrons. The van der Waals surface area contributed by atoms with Crippen molar-refractivity contribution >= 4 is 11.6 Å². The number of hydrogen-bond acceptors (Lipinski definition) is 2. The number of nitrogens with one attached hydrogen (secondary N) is 1.